The van der Waals surface area contributed by atoms with Crippen molar-refractivity contribution in [3.8, 4) is 17.2 Å². The molecule has 0 fully saturated rings. The lowest BCUT2D eigenvalue weighted by Gasteiger charge is -2.33. The van der Waals surface area contributed by atoms with E-state index in [0.717, 1.165) is 21.9 Å². The van der Waals surface area contributed by atoms with Gasteiger partial charge < -0.3 is 24.4 Å². The van der Waals surface area contributed by atoms with Gasteiger partial charge in [0.1, 0.15) is 18.3 Å². The summed E-state index contributed by atoms with van der Waals surface area (Å²) in [5.41, 5.74) is 2.00. The normalized spacial score (nSPS) is 12.5. The number of methoxy groups -OCH3 is 3. The Morgan fingerprint density at radius 1 is 0.841 bits per heavy atom. The summed E-state index contributed by atoms with van der Waals surface area (Å²) in [6.07, 6.45) is 1.05. The number of rotatable bonds is 15. The summed E-state index contributed by atoms with van der Waals surface area (Å²) >= 11 is 0. The molecular weight excluding hydrogens is 582 g/mol. The van der Waals surface area contributed by atoms with E-state index in [4.69, 9.17) is 14.2 Å². The fourth-order valence-corrected chi connectivity index (χ4v) is 6.06. The van der Waals surface area contributed by atoms with Gasteiger partial charge in [0.05, 0.1) is 31.9 Å². The number of anilines is 1. The van der Waals surface area contributed by atoms with Gasteiger partial charge in [-0.3, -0.25) is 13.9 Å². The smallest absolute Gasteiger partial charge is 0.264 e. The summed E-state index contributed by atoms with van der Waals surface area (Å²) < 4.78 is 45.4. The Bertz CT molecular complexity index is 1510. The largest absolute Gasteiger partial charge is 0.497 e. The van der Waals surface area contributed by atoms with Crippen LogP contribution < -0.4 is 23.8 Å². The van der Waals surface area contributed by atoms with Crippen LogP contribution in [0.1, 0.15) is 44.7 Å². The second kappa shape index (κ2) is 15.5. The Kier molecular flexibility index (Phi) is 12.0. The van der Waals surface area contributed by atoms with Crippen molar-refractivity contribution in [3.05, 3.63) is 77.9 Å². The van der Waals surface area contributed by atoms with E-state index in [0.29, 0.717) is 23.6 Å². The maximum Gasteiger partial charge on any atom is 0.264 e. The zero-order chi connectivity index (χ0) is 32.4. The highest BCUT2D eigenvalue weighted by Crippen LogP contribution is 2.32. The number of hydrogen-bond donors (Lipinski definition) is 1. The number of nitrogens with one attached hydrogen (secondary N) is 1. The zero-order valence-corrected chi connectivity index (χ0v) is 27.3. The van der Waals surface area contributed by atoms with Crippen LogP contribution in [-0.4, -0.2) is 65.1 Å². The molecule has 2 atom stereocenters. The second-order valence-corrected chi connectivity index (χ2v) is 12.3. The number of ether oxygens (including phenoxy) is 3. The maximum absolute atomic E-state index is 14.3. The molecule has 0 heterocycles. The fourth-order valence-electron chi connectivity index (χ4n) is 4.63. The standard InChI is InChI=1S/C33H43N3O7S/c1-8-24(4)34-33(38)29(9-2)35(21-25-12-16-27(41-5)17-13-25)32(37)22-36(26-14-10-23(3)11-15-26)44(39,40)28-18-19-30(42-6)31(20-28)43-7/h10-20,24,29H,8-9,21-22H2,1-7H3,(H,34,38)/t24-,29-/m1/s1. The molecule has 11 heteroatoms. The Hall–Kier alpha value is -4.25. The molecule has 3 rings (SSSR count). The van der Waals surface area contributed by atoms with Gasteiger partial charge in [0.2, 0.25) is 11.8 Å². The van der Waals surface area contributed by atoms with E-state index < -0.39 is 28.5 Å². The Morgan fingerprint density at radius 3 is 2.02 bits per heavy atom. The van der Waals surface area contributed by atoms with E-state index in [-0.39, 0.29) is 29.1 Å². The van der Waals surface area contributed by atoms with Crippen LogP contribution in [0.5, 0.6) is 17.2 Å². The summed E-state index contributed by atoms with van der Waals surface area (Å²) in [5, 5.41) is 2.98. The third kappa shape index (κ3) is 8.22. The number of benzene rings is 3. The molecule has 3 aromatic rings. The SMILES string of the molecule is CC[C@@H](C)NC(=O)[C@@H](CC)N(Cc1ccc(OC)cc1)C(=O)CN(c1ccc(C)cc1)S(=O)(=O)c1ccc(OC)c(OC)c1. The zero-order valence-electron chi connectivity index (χ0n) is 26.5. The number of sulfonamides is 1. The fraction of sp³-hybridized carbons (Fsp3) is 0.394. The van der Waals surface area contributed by atoms with Gasteiger partial charge in [-0.25, -0.2) is 8.42 Å². The highest BCUT2D eigenvalue weighted by Gasteiger charge is 2.34. The van der Waals surface area contributed by atoms with E-state index in [1.165, 1.54) is 37.3 Å². The third-order valence-electron chi connectivity index (χ3n) is 7.44. The van der Waals surface area contributed by atoms with Crippen LogP contribution in [0.3, 0.4) is 0 Å². The number of carbonyl (C=O) groups excluding carboxylic acids is 2. The van der Waals surface area contributed by atoms with Crippen molar-refractivity contribution in [3.63, 3.8) is 0 Å². The highest BCUT2D eigenvalue weighted by molar-refractivity contribution is 7.92. The van der Waals surface area contributed by atoms with E-state index >= 15 is 0 Å². The van der Waals surface area contributed by atoms with Gasteiger partial charge >= 0.3 is 0 Å². The summed E-state index contributed by atoms with van der Waals surface area (Å²) in [5.74, 6) is 0.426. The molecule has 10 nitrogen and oxygen atoms in total. The first-order valence-electron chi connectivity index (χ1n) is 14.5. The van der Waals surface area contributed by atoms with Gasteiger partial charge in [0, 0.05) is 18.7 Å². The number of hydrogen-bond acceptors (Lipinski definition) is 7. The van der Waals surface area contributed by atoms with Gasteiger partial charge in [0.15, 0.2) is 11.5 Å². The lowest BCUT2D eigenvalue weighted by Crippen LogP contribution is -2.53. The minimum atomic E-state index is -4.28. The number of nitrogens with zero attached hydrogens (tertiary/aromatic N) is 2. The molecule has 0 unspecified atom stereocenters. The molecule has 0 aliphatic rings. The average Bonchev–Trinajstić information content (AvgIpc) is 3.03. The summed E-state index contributed by atoms with van der Waals surface area (Å²) in [7, 11) is 0.167. The lowest BCUT2D eigenvalue weighted by atomic mass is 10.1. The topological polar surface area (TPSA) is 114 Å². The number of carbonyl (C=O) groups is 2. The third-order valence-corrected chi connectivity index (χ3v) is 9.21. The van der Waals surface area contributed by atoms with Crippen LogP contribution in [0.4, 0.5) is 5.69 Å². The molecule has 0 aliphatic heterocycles. The Labute approximate surface area is 261 Å². The van der Waals surface area contributed by atoms with Crippen molar-refractivity contribution in [2.75, 3.05) is 32.2 Å². The summed E-state index contributed by atoms with van der Waals surface area (Å²) in [6.45, 7) is 7.13. The lowest BCUT2D eigenvalue weighted by molar-refractivity contribution is -0.140. The van der Waals surface area contributed by atoms with E-state index in [1.807, 2.05) is 39.8 Å². The van der Waals surface area contributed by atoms with Crippen molar-refractivity contribution in [1.29, 1.82) is 0 Å². The maximum atomic E-state index is 14.3. The molecule has 0 radical (unpaired) electrons. The first-order chi connectivity index (χ1) is 21.0. The minimum absolute atomic E-state index is 0.0771. The van der Waals surface area contributed by atoms with Crippen LogP contribution in [0, 0.1) is 6.92 Å². The van der Waals surface area contributed by atoms with Crippen molar-refractivity contribution >= 4 is 27.5 Å². The first-order valence-corrected chi connectivity index (χ1v) is 16.0. The van der Waals surface area contributed by atoms with E-state index in [1.54, 1.807) is 43.5 Å². The van der Waals surface area contributed by atoms with Gasteiger partial charge in [-0.2, -0.15) is 0 Å². The van der Waals surface area contributed by atoms with Crippen molar-refractivity contribution < 1.29 is 32.2 Å². The number of aryl methyl sites for hydroxylation is 1. The van der Waals surface area contributed by atoms with E-state index in [9.17, 15) is 18.0 Å². The molecule has 0 bridgehead atoms. The molecule has 3 aromatic carbocycles. The summed E-state index contributed by atoms with van der Waals surface area (Å²) in [6, 6.07) is 17.4. The van der Waals surface area contributed by atoms with Crippen molar-refractivity contribution in [2.45, 2.75) is 64.1 Å². The molecule has 0 saturated carbocycles. The highest BCUT2D eigenvalue weighted by atomic mass is 32.2. The average molecular weight is 626 g/mol. The molecule has 1 N–H and O–H groups in total. The van der Waals surface area contributed by atoms with Crippen LogP contribution in [0.25, 0.3) is 0 Å². The number of amides is 2. The molecule has 0 aliphatic carbocycles. The van der Waals surface area contributed by atoms with Crippen LogP contribution in [0.2, 0.25) is 0 Å². The molecule has 238 valence electrons. The minimum Gasteiger partial charge on any atom is -0.497 e. The van der Waals surface area contributed by atoms with Crippen LogP contribution in [0.15, 0.2) is 71.6 Å². The second-order valence-electron chi connectivity index (χ2n) is 10.5. The van der Waals surface area contributed by atoms with Crippen molar-refractivity contribution in [1.82, 2.24) is 10.2 Å². The van der Waals surface area contributed by atoms with E-state index in [2.05, 4.69) is 5.32 Å². The van der Waals surface area contributed by atoms with Crippen LogP contribution in [-0.2, 0) is 26.2 Å². The quantitative estimate of drug-likeness (QED) is 0.255. The molecule has 0 saturated heterocycles. The van der Waals surface area contributed by atoms with Gasteiger partial charge in [0.25, 0.3) is 10.0 Å². The molecular formula is C33H43N3O7S. The van der Waals surface area contributed by atoms with Gasteiger partial charge in [-0.15, -0.1) is 0 Å². The first kappa shape index (κ1) is 34.2. The van der Waals surface area contributed by atoms with Crippen molar-refractivity contribution in [2.24, 2.45) is 0 Å². The predicted octanol–water partition coefficient (Wildman–Crippen LogP) is 4.94. The molecule has 0 aromatic heterocycles. The van der Waals surface area contributed by atoms with Gasteiger partial charge in [-0.1, -0.05) is 43.7 Å². The summed E-state index contributed by atoms with van der Waals surface area (Å²) in [4.78, 5) is 29.1. The Morgan fingerprint density at radius 2 is 1.48 bits per heavy atom. The molecule has 0 spiro atoms. The van der Waals surface area contributed by atoms with Crippen LogP contribution >= 0.6 is 0 Å². The predicted molar refractivity (Wildman–Crippen MR) is 171 cm³/mol. The monoisotopic (exact) mass is 625 g/mol. The van der Waals surface area contributed by atoms with Gasteiger partial charge in [-0.05, 0) is 68.7 Å². The Balaban J connectivity index is 2.09. The molecule has 44 heavy (non-hydrogen) atoms. The molecule has 2 amide bonds.